The number of hydrogen-bond acceptors (Lipinski definition) is 2. The summed E-state index contributed by atoms with van der Waals surface area (Å²) >= 11 is 0. The van der Waals surface area contributed by atoms with Crippen LogP contribution in [0.4, 0.5) is 5.69 Å². The van der Waals surface area contributed by atoms with E-state index in [0.717, 1.165) is 5.69 Å². The third-order valence-corrected chi connectivity index (χ3v) is 3.46. The number of H-pyrrole nitrogens is 1. The maximum atomic E-state index is 4.05. The lowest BCUT2D eigenvalue weighted by atomic mass is 10.1. The minimum Gasteiger partial charge on any atom is -0.382 e. The van der Waals surface area contributed by atoms with Gasteiger partial charge < -0.3 is 10.3 Å². The molecule has 2 aromatic rings. The molecule has 3 nitrogen and oxygen atoms in total. The van der Waals surface area contributed by atoms with Gasteiger partial charge in [-0.05, 0) is 30.5 Å². The van der Waals surface area contributed by atoms with Crippen LogP contribution in [0.5, 0.6) is 0 Å². The lowest BCUT2D eigenvalue weighted by Gasteiger charge is -2.18. The van der Waals surface area contributed by atoms with Crippen LogP contribution >= 0.6 is 0 Å². The second kappa shape index (κ2) is 6.98. The fraction of sp³-hybridized carbons (Fsp3) is 0.438. The van der Waals surface area contributed by atoms with Crippen LogP contribution in [0, 0.1) is 0 Å². The summed E-state index contributed by atoms with van der Waals surface area (Å²) in [6.45, 7) is 4.48. The number of hydrogen-bond donors (Lipinski definition) is 2. The molecule has 1 atom stereocenters. The largest absolute Gasteiger partial charge is 0.382 e. The van der Waals surface area contributed by atoms with Crippen LogP contribution in [0.1, 0.15) is 39.5 Å². The van der Waals surface area contributed by atoms with Gasteiger partial charge in [0.05, 0.1) is 18.2 Å². The second-order valence-corrected chi connectivity index (χ2v) is 4.93. The van der Waals surface area contributed by atoms with E-state index in [9.17, 15) is 0 Å². The predicted molar refractivity (Wildman–Crippen MR) is 81.3 cm³/mol. The van der Waals surface area contributed by atoms with Crippen molar-refractivity contribution >= 4 is 5.69 Å². The fourth-order valence-corrected chi connectivity index (χ4v) is 2.22. The Morgan fingerprint density at radius 1 is 1.21 bits per heavy atom. The number of aromatic amines is 1. The smallest absolute Gasteiger partial charge is 0.0924 e. The molecule has 2 N–H and O–H groups in total. The highest BCUT2D eigenvalue weighted by atomic mass is 14.9. The summed E-state index contributed by atoms with van der Waals surface area (Å²) in [5.74, 6) is 0. The number of rotatable bonds is 7. The van der Waals surface area contributed by atoms with Gasteiger partial charge in [0.25, 0.3) is 0 Å². The van der Waals surface area contributed by atoms with Gasteiger partial charge in [0, 0.05) is 11.7 Å². The molecule has 1 heterocycles. The highest BCUT2D eigenvalue weighted by molar-refractivity contribution is 5.62. The molecular formula is C16H23N3. The van der Waals surface area contributed by atoms with Crippen molar-refractivity contribution < 1.29 is 0 Å². The highest BCUT2D eigenvalue weighted by Gasteiger charge is 2.05. The lowest BCUT2D eigenvalue weighted by Crippen LogP contribution is -2.18. The molecular weight excluding hydrogens is 234 g/mol. The molecule has 0 amide bonds. The molecule has 0 bridgehead atoms. The predicted octanol–water partition coefficient (Wildman–Crippen LogP) is 4.46. The van der Waals surface area contributed by atoms with Gasteiger partial charge in [0.15, 0.2) is 0 Å². The van der Waals surface area contributed by atoms with E-state index in [0.29, 0.717) is 6.04 Å². The average Bonchev–Trinajstić information content (AvgIpc) is 2.98. The number of aromatic nitrogens is 2. The van der Waals surface area contributed by atoms with Crippen molar-refractivity contribution in [3.63, 3.8) is 0 Å². The second-order valence-electron chi connectivity index (χ2n) is 4.93. The maximum Gasteiger partial charge on any atom is 0.0924 e. The van der Waals surface area contributed by atoms with Crippen LogP contribution in [-0.4, -0.2) is 16.0 Å². The van der Waals surface area contributed by atoms with Gasteiger partial charge in [-0.15, -0.1) is 0 Å². The van der Waals surface area contributed by atoms with Gasteiger partial charge >= 0.3 is 0 Å². The molecule has 0 radical (unpaired) electrons. The van der Waals surface area contributed by atoms with Crippen molar-refractivity contribution in [1.29, 1.82) is 0 Å². The molecule has 0 spiro atoms. The Labute approximate surface area is 115 Å². The molecule has 0 saturated carbocycles. The molecule has 1 aromatic carbocycles. The normalized spacial score (nSPS) is 12.3. The Bertz CT molecular complexity index is 459. The Balaban J connectivity index is 1.98. The first kappa shape index (κ1) is 13.7. The van der Waals surface area contributed by atoms with Crippen LogP contribution in [0.15, 0.2) is 36.8 Å². The molecule has 0 saturated heterocycles. The van der Waals surface area contributed by atoms with Crippen molar-refractivity contribution in [3.8, 4) is 11.3 Å². The van der Waals surface area contributed by atoms with Crippen LogP contribution in [0.25, 0.3) is 11.3 Å². The molecule has 1 unspecified atom stereocenters. The van der Waals surface area contributed by atoms with Crippen molar-refractivity contribution in [2.24, 2.45) is 0 Å². The highest BCUT2D eigenvalue weighted by Crippen LogP contribution is 2.20. The summed E-state index contributed by atoms with van der Waals surface area (Å²) < 4.78 is 0. The number of nitrogens with zero attached hydrogens (tertiary/aromatic N) is 1. The third-order valence-electron chi connectivity index (χ3n) is 3.46. The summed E-state index contributed by atoms with van der Waals surface area (Å²) in [5, 5.41) is 3.61. The SMILES string of the molecule is CCCCC(CC)Nc1ccc(-c2cnc[nH]2)cc1. The summed E-state index contributed by atoms with van der Waals surface area (Å²) in [5.41, 5.74) is 3.43. The summed E-state index contributed by atoms with van der Waals surface area (Å²) in [6.07, 6.45) is 8.52. The van der Waals surface area contributed by atoms with Crippen LogP contribution in [-0.2, 0) is 0 Å². The van der Waals surface area contributed by atoms with Crippen molar-refractivity contribution in [2.45, 2.75) is 45.6 Å². The first-order chi connectivity index (χ1) is 9.33. The summed E-state index contributed by atoms with van der Waals surface area (Å²) in [7, 11) is 0. The molecule has 1 aromatic heterocycles. The van der Waals surface area contributed by atoms with E-state index in [2.05, 4.69) is 53.4 Å². The van der Waals surface area contributed by atoms with E-state index < -0.39 is 0 Å². The third kappa shape index (κ3) is 3.85. The zero-order valence-corrected chi connectivity index (χ0v) is 11.8. The van der Waals surface area contributed by atoms with Crippen molar-refractivity contribution in [2.75, 3.05) is 5.32 Å². The van der Waals surface area contributed by atoms with E-state index in [1.807, 2.05) is 6.20 Å². The first-order valence-electron chi connectivity index (χ1n) is 7.18. The van der Waals surface area contributed by atoms with E-state index in [-0.39, 0.29) is 0 Å². The van der Waals surface area contributed by atoms with Gasteiger partial charge in [0.1, 0.15) is 0 Å². The molecule has 102 valence electrons. The maximum absolute atomic E-state index is 4.05. The van der Waals surface area contributed by atoms with Crippen molar-refractivity contribution in [1.82, 2.24) is 9.97 Å². The Morgan fingerprint density at radius 3 is 2.58 bits per heavy atom. The number of unbranched alkanes of at least 4 members (excludes halogenated alkanes) is 1. The van der Waals surface area contributed by atoms with Gasteiger partial charge in [-0.3, -0.25) is 0 Å². The van der Waals surface area contributed by atoms with E-state index in [4.69, 9.17) is 0 Å². The quantitative estimate of drug-likeness (QED) is 0.769. The molecule has 0 aliphatic heterocycles. The molecule has 0 fully saturated rings. The fourth-order valence-electron chi connectivity index (χ4n) is 2.22. The Hall–Kier alpha value is -1.77. The molecule has 2 rings (SSSR count). The number of anilines is 1. The average molecular weight is 257 g/mol. The van der Waals surface area contributed by atoms with E-state index in [1.54, 1.807) is 6.33 Å². The Kier molecular flexibility index (Phi) is 5.01. The van der Waals surface area contributed by atoms with Gasteiger partial charge in [-0.1, -0.05) is 38.8 Å². The summed E-state index contributed by atoms with van der Waals surface area (Å²) in [6, 6.07) is 9.12. The minimum absolute atomic E-state index is 0.581. The van der Waals surface area contributed by atoms with Gasteiger partial charge in [-0.2, -0.15) is 0 Å². The number of benzene rings is 1. The zero-order chi connectivity index (χ0) is 13.5. The number of nitrogens with one attached hydrogen (secondary N) is 2. The van der Waals surface area contributed by atoms with E-state index in [1.165, 1.54) is 36.9 Å². The summed E-state index contributed by atoms with van der Waals surface area (Å²) in [4.78, 5) is 7.17. The molecule has 0 aliphatic rings. The Morgan fingerprint density at radius 2 is 2.00 bits per heavy atom. The van der Waals surface area contributed by atoms with Crippen LogP contribution < -0.4 is 5.32 Å². The van der Waals surface area contributed by atoms with Crippen LogP contribution in [0.3, 0.4) is 0 Å². The van der Waals surface area contributed by atoms with E-state index >= 15 is 0 Å². The first-order valence-corrected chi connectivity index (χ1v) is 7.18. The van der Waals surface area contributed by atoms with Crippen LogP contribution in [0.2, 0.25) is 0 Å². The van der Waals surface area contributed by atoms with Crippen molar-refractivity contribution in [3.05, 3.63) is 36.8 Å². The molecule has 0 aliphatic carbocycles. The van der Waals surface area contributed by atoms with Gasteiger partial charge in [-0.25, -0.2) is 4.98 Å². The molecule has 19 heavy (non-hydrogen) atoms. The minimum atomic E-state index is 0.581. The topological polar surface area (TPSA) is 40.7 Å². The van der Waals surface area contributed by atoms with Gasteiger partial charge in [0.2, 0.25) is 0 Å². The number of imidazole rings is 1. The monoisotopic (exact) mass is 257 g/mol. The molecule has 3 heteroatoms. The standard InChI is InChI=1S/C16H23N3/c1-3-5-6-14(4-2)19-15-9-7-13(8-10-15)16-11-17-12-18-16/h7-12,14,19H,3-6H2,1-2H3,(H,17,18). The zero-order valence-electron chi connectivity index (χ0n) is 11.8. The lowest BCUT2D eigenvalue weighted by molar-refractivity contribution is 0.593.